The van der Waals surface area contributed by atoms with Crippen LogP contribution in [0.2, 0.25) is 0 Å². The zero-order chi connectivity index (χ0) is 20.6. The molecule has 3 aromatic rings. The van der Waals surface area contributed by atoms with Crippen LogP contribution < -0.4 is 9.47 Å². The topological polar surface area (TPSA) is 74.2 Å². The predicted molar refractivity (Wildman–Crippen MR) is 111 cm³/mol. The number of methoxy groups -OCH3 is 1. The molecule has 0 aromatic heterocycles. The van der Waals surface area contributed by atoms with Crippen molar-refractivity contribution in [2.45, 2.75) is 24.8 Å². The molecule has 1 aliphatic heterocycles. The molecule has 0 spiro atoms. The van der Waals surface area contributed by atoms with E-state index in [1.807, 2.05) is 50.2 Å². The fourth-order valence-electron chi connectivity index (χ4n) is 3.45. The van der Waals surface area contributed by atoms with Gasteiger partial charge < -0.3 is 9.47 Å². The van der Waals surface area contributed by atoms with Crippen LogP contribution in [0.15, 0.2) is 70.7 Å². The number of fused-ring (bicyclic) bond motifs is 3. The third kappa shape index (κ3) is 3.42. The van der Waals surface area contributed by atoms with Gasteiger partial charge in [0.05, 0.1) is 12.7 Å². The number of rotatable bonds is 5. The molecule has 1 atom stereocenters. The summed E-state index contributed by atoms with van der Waals surface area (Å²) in [6.07, 6.45) is -0.413. The lowest BCUT2D eigenvalue weighted by atomic mass is 9.95. The molecule has 1 aliphatic rings. The van der Waals surface area contributed by atoms with E-state index in [9.17, 15) is 8.42 Å². The molecule has 0 saturated carbocycles. The Morgan fingerprint density at radius 1 is 1.00 bits per heavy atom. The highest BCUT2D eigenvalue weighted by Crippen LogP contribution is 2.38. The van der Waals surface area contributed by atoms with Crippen LogP contribution in [0.25, 0.3) is 10.8 Å². The third-order valence-electron chi connectivity index (χ3n) is 4.85. The van der Waals surface area contributed by atoms with Crippen LogP contribution in [0.3, 0.4) is 0 Å². The first-order valence-corrected chi connectivity index (χ1v) is 10.7. The first-order valence-electron chi connectivity index (χ1n) is 9.25. The van der Waals surface area contributed by atoms with Gasteiger partial charge in [-0.15, -0.1) is 0 Å². The molecule has 0 aliphatic carbocycles. The highest BCUT2D eigenvalue weighted by molar-refractivity contribution is 7.86. The Morgan fingerprint density at radius 2 is 1.72 bits per heavy atom. The van der Waals surface area contributed by atoms with E-state index in [0.717, 1.165) is 16.3 Å². The summed E-state index contributed by atoms with van der Waals surface area (Å²) in [7, 11) is -2.76. The van der Waals surface area contributed by atoms with Gasteiger partial charge in [-0.2, -0.15) is 8.42 Å². The van der Waals surface area contributed by atoms with Gasteiger partial charge in [0.1, 0.15) is 28.2 Å². The average molecular weight is 411 g/mol. The number of para-hydroxylation sites is 1. The van der Waals surface area contributed by atoms with Gasteiger partial charge >= 0.3 is 10.1 Å². The van der Waals surface area contributed by atoms with Gasteiger partial charge in [0.25, 0.3) is 0 Å². The molecule has 0 N–H and O–H groups in total. The molecular formula is C22H21NO5S. The molecule has 7 heteroatoms. The highest BCUT2D eigenvalue weighted by atomic mass is 32.2. The summed E-state index contributed by atoms with van der Waals surface area (Å²) in [5.74, 6) is 0.929. The lowest BCUT2D eigenvalue weighted by Gasteiger charge is -2.15. The normalized spacial score (nSPS) is 17.4. The summed E-state index contributed by atoms with van der Waals surface area (Å²) in [6, 6.07) is 17.9. The Labute approximate surface area is 169 Å². The predicted octanol–water partition coefficient (Wildman–Crippen LogP) is 4.38. The minimum absolute atomic E-state index is 0.0671. The zero-order valence-electron chi connectivity index (χ0n) is 16.3. The number of hydrogen-bond donors (Lipinski definition) is 0. The van der Waals surface area contributed by atoms with Crippen molar-refractivity contribution in [3.8, 4) is 11.5 Å². The first-order chi connectivity index (χ1) is 13.9. The Hall–Kier alpha value is -3.06. The van der Waals surface area contributed by atoms with Crippen LogP contribution in [0.5, 0.6) is 11.5 Å². The fourth-order valence-corrected chi connectivity index (χ4v) is 4.35. The number of ether oxygens (including phenoxy) is 2. The molecule has 0 amide bonds. The molecule has 1 unspecified atom stereocenters. The minimum atomic E-state index is -4.16. The second-order valence-electron chi connectivity index (χ2n) is 7.10. The fraction of sp³-hybridized carbons (Fsp3) is 0.227. The Balaban J connectivity index is 1.81. The van der Waals surface area contributed by atoms with Gasteiger partial charge in [0.2, 0.25) is 0 Å². The zero-order valence-corrected chi connectivity index (χ0v) is 17.1. The van der Waals surface area contributed by atoms with E-state index >= 15 is 0 Å². The van der Waals surface area contributed by atoms with Crippen molar-refractivity contribution in [1.29, 1.82) is 0 Å². The molecule has 0 saturated heterocycles. The standard InChI is InChI=1S/C22H21NO5S/c1-14(2)22-21(20-16-9-5-4-8-15(16)12-13-18(20)27-22)23-28-29(24,25)19-11-7-6-10-17(19)26-3/h4-14,22H,1-3H3/b23-21-. The Bertz CT molecular complexity index is 1200. The molecular weight excluding hydrogens is 390 g/mol. The Kier molecular flexibility index (Phi) is 4.92. The lowest BCUT2D eigenvalue weighted by molar-refractivity contribution is 0.224. The van der Waals surface area contributed by atoms with Gasteiger partial charge in [-0.05, 0) is 34.9 Å². The van der Waals surface area contributed by atoms with Crippen molar-refractivity contribution in [2.24, 2.45) is 11.1 Å². The summed E-state index contributed by atoms with van der Waals surface area (Å²) in [6.45, 7) is 3.98. The monoisotopic (exact) mass is 411 g/mol. The molecule has 0 fully saturated rings. The molecule has 4 rings (SSSR count). The van der Waals surface area contributed by atoms with Crippen LogP contribution in [0.4, 0.5) is 0 Å². The van der Waals surface area contributed by atoms with Gasteiger partial charge in [0, 0.05) is 0 Å². The van der Waals surface area contributed by atoms with Crippen molar-refractivity contribution in [3.05, 3.63) is 66.2 Å². The summed E-state index contributed by atoms with van der Waals surface area (Å²) < 4.78 is 41.9. The first kappa shape index (κ1) is 19.3. The van der Waals surface area contributed by atoms with E-state index in [-0.39, 0.29) is 16.6 Å². The molecule has 6 nitrogen and oxygen atoms in total. The Morgan fingerprint density at radius 3 is 2.48 bits per heavy atom. The van der Waals surface area contributed by atoms with E-state index in [1.54, 1.807) is 18.2 Å². The molecule has 0 radical (unpaired) electrons. The van der Waals surface area contributed by atoms with Crippen LogP contribution in [0, 0.1) is 5.92 Å². The SMILES string of the molecule is COc1ccccc1S(=O)(=O)O/N=C1/c2c(ccc3ccccc23)OC1C(C)C. The molecule has 1 heterocycles. The van der Waals surface area contributed by atoms with Gasteiger partial charge in [-0.25, -0.2) is 0 Å². The number of nitrogens with zero attached hydrogens (tertiary/aromatic N) is 1. The molecule has 150 valence electrons. The second kappa shape index (κ2) is 7.40. The maximum atomic E-state index is 12.8. The summed E-state index contributed by atoms with van der Waals surface area (Å²) in [5, 5.41) is 6.04. The largest absolute Gasteiger partial charge is 0.495 e. The lowest BCUT2D eigenvalue weighted by Crippen LogP contribution is -2.28. The molecule has 0 bridgehead atoms. The average Bonchev–Trinajstić information content (AvgIpc) is 3.12. The van der Waals surface area contributed by atoms with E-state index in [4.69, 9.17) is 13.8 Å². The highest BCUT2D eigenvalue weighted by Gasteiger charge is 2.35. The molecule has 3 aromatic carbocycles. The van der Waals surface area contributed by atoms with E-state index < -0.39 is 16.2 Å². The summed E-state index contributed by atoms with van der Waals surface area (Å²) >= 11 is 0. The third-order valence-corrected chi connectivity index (χ3v) is 5.99. The smallest absolute Gasteiger partial charge is 0.362 e. The van der Waals surface area contributed by atoms with E-state index in [1.165, 1.54) is 13.2 Å². The summed E-state index contributed by atoms with van der Waals surface area (Å²) in [5.41, 5.74) is 1.22. The van der Waals surface area contributed by atoms with Crippen molar-refractivity contribution in [3.63, 3.8) is 0 Å². The number of benzene rings is 3. The maximum absolute atomic E-state index is 12.8. The van der Waals surface area contributed by atoms with Crippen molar-refractivity contribution in [2.75, 3.05) is 7.11 Å². The van der Waals surface area contributed by atoms with Crippen molar-refractivity contribution >= 4 is 26.6 Å². The van der Waals surface area contributed by atoms with Gasteiger partial charge in [-0.3, -0.25) is 4.28 Å². The van der Waals surface area contributed by atoms with E-state index in [0.29, 0.717) is 11.5 Å². The second-order valence-corrected chi connectivity index (χ2v) is 8.60. The number of oxime groups is 1. The van der Waals surface area contributed by atoms with Gasteiger partial charge in [-0.1, -0.05) is 61.5 Å². The molecule has 29 heavy (non-hydrogen) atoms. The quantitative estimate of drug-likeness (QED) is 0.583. The van der Waals surface area contributed by atoms with Crippen LogP contribution in [0.1, 0.15) is 19.4 Å². The van der Waals surface area contributed by atoms with Crippen LogP contribution >= 0.6 is 0 Å². The van der Waals surface area contributed by atoms with Crippen LogP contribution in [-0.4, -0.2) is 27.3 Å². The van der Waals surface area contributed by atoms with E-state index in [2.05, 4.69) is 5.16 Å². The van der Waals surface area contributed by atoms with Crippen LogP contribution in [-0.2, 0) is 14.4 Å². The van der Waals surface area contributed by atoms with Crippen molar-refractivity contribution in [1.82, 2.24) is 0 Å². The maximum Gasteiger partial charge on any atom is 0.362 e. The van der Waals surface area contributed by atoms with Gasteiger partial charge in [0.15, 0.2) is 0 Å². The van der Waals surface area contributed by atoms with Crippen molar-refractivity contribution < 1.29 is 22.2 Å². The number of hydrogen-bond acceptors (Lipinski definition) is 6. The summed E-state index contributed by atoms with van der Waals surface area (Å²) in [4.78, 5) is -0.0787. The minimum Gasteiger partial charge on any atom is -0.495 e.